The first-order chi connectivity index (χ1) is 9.13. The first-order valence-electron chi connectivity index (χ1n) is 5.82. The number of aromatic nitrogens is 3. The Labute approximate surface area is 115 Å². The Morgan fingerprint density at radius 2 is 2.32 bits per heavy atom. The molecule has 2 aromatic rings. The maximum atomic E-state index is 12.0. The van der Waals surface area contributed by atoms with Crippen molar-refractivity contribution in [2.75, 3.05) is 5.73 Å². The summed E-state index contributed by atoms with van der Waals surface area (Å²) in [5.41, 5.74) is 6.38. The molecule has 1 aromatic heterocycles. The number of nitrogen functional groups attached to an aromatic ring is 1. The van der Waals surface area contributed by atoms with Gasteiger partial charge in [-0.3, -0.25) is 4.79 Å². The molecule has 3 N–H and O–H groups in total. The molecule has 0 saturated carbocycles. The van der Waals surface area contributed by atoms with E-state index in [1.54, 1.807) is 24.5 Å². The van der Waals surface area contributed by atoms with Crippen molar-refractivity contribution in [2.45, 2.75) is 20.0 Å². The van der Waals surface area contributed by atoms with Crippen LogP contribution in [0.3, 0.4) is 0 Å². The van der Waals surface area contributed by atoms with E-state index >= 15 is 0 Å². The summed E-state index contributed by atoms with van der Waals surface area (Å²) in [5.74, 6) is 0.357. The van der Waals surface area contributed by atoms with Crippen LogP contribution in [0.25, 0.3) is 0 Å². The van der Waals surface area contributed by atoms with Crippen molar-refractivity contribution in [1.82, 2.24) is 20.1 Å². The van der Waals surface area contributed by atoms with E-state index in [-0.39, 0.29) is 18.0 Å². The molecule has 0 atom stereocenters. The topological polar surface area (TPSA) is 85.8 Å². The number of hydrogen-bond acceptors (Lipinski definition) is 4. The second-order valence-corrected chi connectivity index (χ2v) is 4.33. The minimum absolute atomic E-state index is 0.275. The number of halogens is 1. The number of rotatable bonds is 4. The van der Waals surface area contributed by atoms with Crippen LogP contribution in [0.5, 0.6) is 0 Å². The van der Waals surface area contributed by atoms with E-state index in [0.717, 1.165) is 6.54 Å². The second-order valence-electron chi connectivity index (χ2n) is 3.92. The number of amides is 1. The molecule has 0 radical (unpaired) electrons. The summed E-state index contributed by atoms with van der Waals surface area (Å²) in [6.45, 7) is 2.99. The van der Waals surface area contributed by atoms with Crippen LogP contribution in [-0.2, 0) is 13.1 Å². The standard InChI is InChI=1S/C12H14ClN5O/c1-2-18-7-16-17-10(18)6-15-12(19)11-8(13)4-3-5-9(11)14/h3-5,7H,2,6,14H2,1H3,(H,15,19). The van der Waals surface area contributed by atoms with Crippen molar-refractivity contribution in [3.8, 4) is 0 Å². The molecule has 6 nitrogen and oxygen atoms in total. The molecule has 1 amide bonds. The largest absolute Gasteiger partial charge is 0.398 e. The van der Waals surface area contributed by atoms with Crippen molar-refractivity contribution in [3.63, 3.8) is 0 Å². The van der Waals surface area contributed by atoms with Gasteiger partial charge in [0.15, 0.2) is 5.82 Å². The van der Waals surface area contributed by atoms with Crippen LogP contribution >= 0.6 is 11.6 Å². The van der Waals surface area contributed by atoms with Gasteiger partial charge >= 0.3 is 0 Å². The highest BCUT2D eigenvalue weighted by atomic mass is 35.5. The van der Waals surface area contributed by atoms with E-state index in [9.17, 15) is 4.79 Å². The fraction of sp³-hybridized carbons (Fsp3) is 0.250. The highest BCUT2D eigenvalue weighted by molar-refractivity contribution is 6.34. The third-order valence-corrected chi connectivity index (χ3v) is 3.03. The van der Waals surface area contributed by atoms with Gasteiger partial charge in [0, 0.05) is 12.2 Å². The van der Waals surface area contributed by atoms with Crippen LogP contribution in [0, 0.1) is 0 Å². The minimum Gasteiger partial charge on any atom is -0.398 e. The van der Waals surface area contributed by atoms with Gasteiger partial charge in [-0.25, -0.2) is 0 Å². The highest BCUT2D eigenvalue weighted by Crippen LogP contribution is 2.21. The number of nitrogens with one attached hydrogen (secondary N) is 1. The number of anilines is 1. The van der Waals surface area contributed by atoms with Gasteiger partial charge in [-0.05, 0) is 19.1 Å². The van der Waals surface area contributed by atoms with E-state index < -0.39 is 0 Å². The van der Waals surface area contributed by atoms with Gasteiger partial charge in [-0.2, -0.15) is 0 Å². The summed E-state index contributed by atoms with van der Waals surface area (Å²) >= 11 is 5.97. The lowest BCUT2D eigenvalue weighted by Gasteiger charge is -2.09. The summed E-state index contributed by atoms with van der Waals surface area (Å²) in [6.07, 6.45) is 1.62. The number of aryl methyl sites for hydroxylation is 1. The number of nitrogens with two attached hydrogens (primary N) is 1. The number of benzene rings is 1. The fourth-order valence-corrected chi connectivity index (χ4v) is 1.98. The van der Waals surface area contributed by atoms with Crippen LogP contribution in [0.15, 0.2) is 24.5 Å². The average Bonchev–Trinajstić information content (AvgIpc) is 2.83. The Kier molecular flexibility index (Phi) is 4.01. The SMILES string of the molecule is CCn1cnnc1CNC(=O)c1c(N)cccc1Cl. The van der Waals surface area contributed by atoms with Gasteiger partial charge in [0.2, 0.25) is 0 Å². The van der Waals surface area contributed by atoms with E-state index in [1.165, 1.54) is 0 Å². The smallest absolute Gasteiger partial charge is 0.255 e. The van der Waals surface area contributed by atoms with Gasteiger partial charge in [0.25, 0.3) is 5.91 Å². The molecule has 1 heterocycles. The minimum atomic E-state index is -0.325. The molecule has 0 fully saturated rings. The van der Waals surface area contributed by atoms with E-state index in [4.69, 9.17) is 17.3 Å². The number of hydrogen-bond donors (Lipinski definition) is 2. The van der Waals surface area contributed by atoms with Crippen LogP contribution in [0.2, 0.25) is 5.02 Å². The van der Waals surface area contributed by atoms with Gasteiger partial charge in [-0.15, -0.1) is 10.2 Å². The van der Waals surface area contributed by atoms with Gasteiger partial charge in [-0.1, -0.05) is 17.7 Å². The monoisotopic (exact) mass is 279 g/mol. The third-order valence-electron chi connectivity index (χ3n) is 2.72. The quantitative estimate of drug-likeness (QED) is 0.830. The molecule has 0 spiro atoms. The van der Waals surface area contributed by atoms with Gasteiger partial charge in [0.1, 0.15) is 6.33 Å². The Hall–Kier alpha value is -2.08. The highest BCUT2D eigenvalue weighted by Gasteiger charge is 2.14. The Bertz CT molecular complexity index is 575. The van der Waals surface area contributed by atoms with Crippen molar-refractivity contribution in [1.29, 1.82) is 0 Å². The van der Waals surface area contributed by atoms with Crippen LogP contribution in [0.1, 0.15) is 23.1 Å². The first kappa shape index (κ1) is 13.4. The zero-order valence-corrected chi connectivity index (χ0v) is 11.2. The van der Waals surface area contributed by atoms with E-state index in [2.05, 4.69) is 15.5 Å². The molecule has 0 saturated heterocycles. The molecule has 7 heteroatoms. The van der Waals surface area contributed by atoms with Crippen LogP contribution in [0.4, 0.5) is 5.69 Å². The van der Waals surface area contributed by atoms with Gasteiger partial charge < -0.3 is 15.6 Å². The average molecular weight is 280 g/mol. The molecule has 0 unspecified atom stereocenters. The predicted molar refractivity (Wildman–Crippen MR) is 72.7 cm³/mol. The molecule has 0 aliphatic carbocycles. The summed E-state index contributed by atoms with van der Waals surface area (Å²) in [5, 5.41) is 10.8. The molecule has 19 heavy (non-hydrogen) atoms. The van der Waals surface area contributed by atoms with Crippen LogP contribution in [-0.4, -0.2) is 20.7 Å². The van der Waals surface area contributed by atoms with Crippen molar-refractivity contribution >= 4 is 23.2 Å². The summed E-state index contributed by atoms with van der Waals surface area (Å²) in [7, 11) is 0. The van der Waals surface area contributed by atoms with Gasteiger partial charge in [0.05, 0.1) is 17.1 Å². The van der Waals surface area contributed by atoms with Crippen molar-refractivity contribution < 1.29 is 4.79 Å². The molecule has 100 valence electrons. The molecule has 2 rings (SSSR count). The third kappa shape index (κ3) is 2.85. The summed E-state index contributed by atoms with van der Waals surface area (Å²) in [6, 6.07) is 4.96. The number of nitrogens with zero attached hydrogens (tertiary/aromatic N) is 3. The first-order valence-corrected chi connectivity index (χ1v) is 6.20. The molecule has 0 bridgehead atoms. The fourth-order valence-electron chi connectivity index (χ4n) is 1.71. The number of carbonyl (C=O) groups is 1. The molecular formula is C12H14ClN5O. The Morgan fingerprint density at radius 1 is 1.53 bits per heavy atom. The van der Waals surface area contributed by atoms with Crippen molar-refractivity contribution in [2.24, 2.45) is 0 Å². The maximum absolute atomic E-state index is 12.0. The molecule has 0 aliphatic rings. The second kappa shape index (κ2) is 5.71. The number of carbonyl (C=O) groups excluding carboxylic acids is 1. The predicted octanol–water partition coefficient (Wildman–Crippen LogP) is 1.46. The normalized spacial score (nSPS) is 10.4. The molecule has 0 aliphatic heterocycles. The molecular weight excluding hydrogens is 266 g/mol. The Morgan fingerprint density at radius 3 is 3.00 bits per heavy atom. The lowest BCUT2D eigenvalue weighted by Crippen LogP contribution is -2.25. The summed E-state index contributed by atoms with van der Waals surface area (Å²) in [4.78, 5) is 12.0. The van der Waals surface area contributed by atoms with Crippen molar-refractivity contribution in [3.05, 3.63) is 40.9 Å². The lowest BCUT2D eigenvalue weighted by molar-refractivity contribution is 0.0950. The summed E-state index contributed by atoms with van der Waals surface area (Å²) < 4.78 is 1.84. The zero-order valence-electron chi connectivity index (χ0n) is 10.4. The Balaban J connectivity index is 2.10. The van der Waals surface area contributed by atoms with E-state index in [0.29, 0.717) is 16.5 Å². The zero-order chi connectivity index (χ0) is 13.8. The van der Waals surface area contributed by atoms with Crippen LogP contribution < -0.4 is 11.1 Å². The maximum Gasteiger partial charge on any atom is 0.255 e. The van der Waals surface area contributed by atoms with E-state index in [1.807, 2.05) is 11.5 Å². The molecule has 1 aromatic carbocycles. The lowest BCUT2D eigenvalue weighted by atomic mass is 10.1.